The van der Waals surface area contributed by atoms with Crippen LogP contribution in [0.5, 0.6) is 0 Å². The fraction of sp³-hybridized carbons (Fsp3) is 0.500. The third-order valence-electron chi connectivity index (χ3n) is 5.76. The normalized spacial score (nSPS) is 21.8. The van der Waals surface area contributed by atoms with E-state index < -0.39 is 0 Å². The molecule has 3 aliphatic heterocycles. The second-order valence-corrected chi connectivity index (χ2v) is 7.27. The quantitative estimate of drug-likeness (QED) is 0.827. The molecule has 6 heteroatoms. The zero-order chi connectivity index (χ0) is 17.4. The largest absolute Gasteiger partial charge is 0.356 e. The highest BCUT2D eigenvalue weighted by Gasteiger charge is 2.40. The van der Waals surface area contributed by atoms with Crippen molar-refractivity contribution in [3.63, 3.8) is 0 Å². The molecule has 0 unspecified atom stereocenters. The first-order valence-corrected chi connectivity index (χ1v) is 9.48. The number of hydrogen-bond donors (Lipinski definition) is 0. The van der Waals surface area contributed by atoms with Crippen molar-refractivity contribution in [2.24, 2.45) is 0 Å². The standard InChI is InChI=1S/C20H24N4O2/c1-2-4-17-14-24(8-5-16(17)3-1)19-13-18(21-15-22-19)23-9-6-20(7-10-23)25-11-12-26-20/h1-4,13,15H,5-12,14H2. The Morgan fingerprint density at radius 3 is 2.31 bits per heavy atom. The van der Waals surface area contributed by atoms with Crippen LogP contribution in [0, 0.1) is 0 Å². The van der Waals surface area contributed by atoms with E-state index in [1.165, 1.54) is 11.1 Å². The molecule has 3 aliphatic rings. The minimum absolute atomic E-state index is 0.344. The van der Waals surface area contributed by atoms with Gasteiger partial charge in [0.05, 0.1) is 13.2 Å². The lowest BCUT2D eigenvalue weighted by Crippen LogP contribution is -2.45. The summed E-state index contributed by atoms with van der Waals surface area (Å²) in [6.07, 6.45) is 4.54. The molecule has 1 spiro atoms. The van der Waals surface area contributed by atoms with Gasteiger partial charge in [-0.25, -0.2) is 9.97 Å². The Labute approximate surface area is 153 Å². The average Bonchev–Trinajstić information content (AvgIpc) is 3.16. The number of rotatable bonds is 2. The Morgan fingerprint density at radius 2 is 1.54 bits per heavy atom. The number of fused-ring (bicyclic) bond motifs is 1. The van der Waals surface area contributed by atoms with Gasteiger partial charge < -0.3 is 19.3 Å². The minimum atomic E-state index is -0.344. The summed E-state index contributed by atoms with van der Waals surface area (Å²) in [6.45, 7) is 5.15. The van der Waals surface area contributed by atoms with Gasteiger partial charge in [0.25, 0.3) is 0 Å². The Bertz CT molecular complexity index is 781. The summed E-state index contributed by atoms with van der Waals surface area (Å²) >= 11 is 0. The molecule has 136 valence electrons. The van der Waals surface area contributed by atoms with E-state index in [4.69, 9.17) is 9.47 Å². The molecular formula is C20H24N4O2. The van der Waals surface area contributed by atoms with Gasteiger partial charge in [-0.05, 0) is 17.5 Å². The van der Waals surface area contributed by atoms with E-state index in [9.17, 15) is 0 Å². The molecule has 6 nitrogen and oxygen atoms in total. The highest BCUT2D eigenvalue weighted by Crippen LogP contribution is 2.33. The Kier molecular flexibility index (Phi) is 4.02. The van der Waals surface area contributed by atoms with Gasteiger partial charge >= 0.3 is 0 Å². The Morgan fingerprint density at radius 1 is 0.846 bits per heavy atom. The van der Waals surface area contributed by atoms with Crippen molar-refractivity contribution in [2.75, 3.05) is 42.6 Å². The van der Waals surface area contributed by atoms with E-state index in [2.05, 4.69) is 50.1 Å². The molecule has 0 aliphatic carbocycles. The van der Waals surface area contributed by atoms with Crippen LogP contribution in [-0.4, -0.2) is 48.6 Å². The smallest absolute Gasteiger partial charge is 0.171 e. The van der Waals surface area contributed by atoms with Crippen LogP contribution in [0.4, 0.5) is 11.6 Å². The number of hydrogen-bond acceptors (Lipinski definition) is 6. The molecule has 0 radical (unpaired) electrons. The molecule has 1 aromatic carbocycles. The predicted octanol–water partition coefficient (Wildman–Crippen LogP) is 2.38. The summed E-state index contributed by atoms with van der Waals surface area (Å²) in [5.41, 5.74) is 2.85. The second-order valence-electron chi connectivity index (χ2n) is 7.27. The van der Waals surface area contributed by atoms with Crippen LogP contribution < -0.4 is 9.80 Å². The summed E-state index contributed by atoms with van der Waals surface area (Å²) in [7, 11) is 0. The third kappa shape index (κ3) is 2.93. The highest BCUT2D eigenvalue weighted by atomic mass is 16.7. The van der Waals surface area contributed by atoms with Gasteiger partial charge in [-0.3, -0.25) is 0 Å². The lowest BCUT2D eigenvalue weighted by atomic mass is 10.00. The van der Waals surface area contributed by atoms with Crippen molar-refractivity contribution < 1.29 is 9.47 Å². The van der Waals surface area contributed by atoms with E-state index in [0.717, 1.165) is 57.1 Å². The summed E-state index contributed by atoms with van der Waals surface area (Å²) in [6, 6.07) is 10.8. The summed E-state index contributed by atoms with van der Waals surface area (Å²) in [4.78, 5) is 13.7. The molecule has 2 aromatic rings. The van der Waals surface area contributed by atoms with Crippen LogP contribution in [0.1, 0.15) is 24.0 Å². The second kappa shape index (κ2) is 6.52. The van der Waals surface area contributed by atoms with E-state index in [0.29, 0.717) is 13.2 Å². The van der Waals surface area contributed by atoms with Crippen molar-refractivity contribution >= 4 is 11.6 Å². The van der Waals surface area contributed by atoms with Gasteiger partial charge in [-0.2, -0.15) is 0 Å². The van der Waals surface area contributed by atoms with Crippen LogP contribution in [0.2, 0.25) is 0 Å². The van der Waals surface area contributed by atoms with Crippen molar-refractivity contribution in [1.29, 1.82) is 0 Å². The highest BCUT2D eigenvalue weighted by molar-refractivity contribution is 5.52. The lowest BCUT2D eigenvalue weighted by Gasteiger charge is -2.38. The Hall–Kier alpha value is -2.18. The van der Waals surface area contributed by atoms with E-state index in [1.807, 2.05) is 0 Å². The number of aromatic nitrogens is 2. The zero-order valence-corrected chi connectivity index (χ0v) is 14.9. The van der Waals surface area contributed by atoms with Gasteiger partial charge in [0.1, 0.15) is 18.0 Å². The molecule has 2 saturated heterocycles. The number of nitrogens with zero attached hydrogens (tertiary/aromatic N) is 4. The molecule has 0 atom stereocenters. The van der Waals surface area contributed by atoms with Gasteiger partial charge in [0.15, 0.2) is 5.79 Å². The van der Waals surface area contributed by atoms with Crippen LogP contribution in [-0.2, 0) is 22.4 Å². The van der Waals surface area contributed by atoms with Crippen LogP contribution in [0.25, 0.3) is 0 Å². The molecule has 0 N–H and O–H groups in total. The minimum Gasteiger partial charge on any atom is -0.356 e. The van der Waals surface area contributed by atoms with Crippen molar-refractivity contribution in [3.05, 3.63) is 47.8 Å². The van der Waals surface area contributed by atoms with Crippen LogP contribution in [0.15, 0.2) is 36.7 Å². The molecule has 5 rings (SSSR count). The fourth-order valence-electron chi connectivity index (χ4n) is 4.24. The number of benzene rings is 1. The number of anilines is 2. The van der Waals surface area contributed by atoms with Crippen LogP contribution in [0.3, 0.4) is 0 Å². The Balaban J connectivity index is 1.31. The summed E-state index contributed by atoms with van der Waals surface area (Å²) in [5, 5.41) is 0. The fourth-order valence-corrected chi connectivity index (χ4v) is 4.24. The van der Waals surface area contributed by atoms with Gasteiger partial charge in [-0.15, -0.1) is 0 Å². The van der Waals surface area contributed by atoms with Crippen LogP contribution >= 0.6 is 0 Å². The summed E-state index contributed by atoms with van der Waals surface area (Å²) in [5.74, 6) is 1.67. The first-order chi connectivity index (χ1) is 12.8. The molecule has 1 aromatic heterocycles. The number of piperidine rings is 1. The van der Waals surface area contributed by atoms with Gasteiger partial charge in [-0.1, -0.05) is 24.3 Å². The SMILES string of the molecule is c1ccc2c(c1)CCN(c1cc(N3CCC4(CC3)OCCO4)ncn1)C2. The van der Waals surface area contributed by atoms with E-state index >= 15 is 0 Å². The molecule has 4 heterocycles. The van der Waals surface area contributed by atoms with Gasteiger partial charge in [0.2, 0.25) is 0 Å². The molecule has 0 bridgehead atoms. The first kappa shape index (κ1) is 16.0. The van der Waals surface area contributed by atoms with Crippen molar-refractivity contribution in [3.8, 4) is 0 Å². The topological polar surface area (TPSA) is 50.7 Å². The van der Waals surface area contributed by atoms with Crippen molar-refractivity contribution in [2.45, 2.75) is 31.6 Å². The van der Waals surface area contributed by atoms with E-state index in [1.54, 1.807) is 6.33 Å². The molecule has 0 saturated carbocycles. The predicted molar refractivity (Wildman–Crippen MR) is 99.3 cm³/mol. The molecule has 2 fully saturated rings. The third-order valence-corrected chi connectivity index (χ3v) is 5.76. The molecule has 0 amide bonds. The first-order valence-electron chi connectivity index (χ1n) is 9.48. The maximum Gasteiger partial charge on any atom is 0.171 e. The monoisotopic (exact) mass is 352 g/mol. The lowest BCUT2D eigenvalue weighted by molar-refractivity contribution is -0.169. The van der Waals surface area contributed by atoms with Crippen molar-refractivity contribution in [1.82, 2.24) is 9.97 Å². The van der Waals surface area contributed by atoms with E-state index in [-0.39, 0.29) is 5.79 Å². The summed E-state index contributed by atoms with van der Waals surface area (Å²) < 4.78 is 11.7. The maximum atomic E-state index is 5.83. The van der Waals surface area contributed by atoms with Gasteiger partial charge in [0, 0.05) is 45.1 Å². The number of ether oxygens (including phenoxy) is 2. The molecule has 26 heavy (non-hydrogen) atoms. The molecular weight excluding hydrogens is 328 g/mol. The zero-order valence-electron chi connectivity index (χ0n) is 14.9. The maximum absolute atomic E-state index is 5.83. The average molecular weight is 352 g/mol.